The number of aryl methyl sites for hydroxylation is 3. The zero-order valence-corrected chi connectivity index (χ0v) is 11.1. The van der Waals surface area contributed by atoms with E-state index in [2.05, 4.69) is 34.6 Å². The van der Waals surface area contributed by atoms with Crippen molar-refractivity contribution < 1.29 is 4.42 Å². The van der Waals surface area contributed by atoms with Crippen molar-refractivity contribution in [3.05, 3.63) is 34.7 Å². The normalized spacial score (nSPS) is 12.5. The molecule has 0 bridgehead atoms. The molecule has 0 saturated heterocycles. The van der Waals surface area contributed by atoms with Crippen LogP contribution in [0.3, 0.4) is 0 Å². The topological polar surface area (TPSA) is 77.0 Å². The standard InChI is InChI=1S/C13H18N4O/c1-7-5-8(2)11(9(3)6-7)15-13-17-16-12(18-13)10(4)14/h5-6,10H,14H2,1-4H3,(H,15,17). The van der Waals surface area contributed by atoms with Crippen LogP contribution in [0.15, 0.2) is 16.5 Å². The molecule has 0 saturated carbocycles. The van der Waals surface area contributed by atoms with Gasteiger partial charge < -0.3 is 15.5 Å². The molecule has 0 aliphatic heterocycles. The Bertz CT molecular complexity index is 537. The molecule has 18 heavy (non-hydrogen) atoms. The molecule has 1 unspecified atom stereocenters. The molecule has 96 valence electrons. The Kier molecular flexibility index (Phi) is 3.34. The van der Waals surface area contributed by atoms with E-state index in [0.717, 1.165) is 16.8 Å². The van der Waals surface area contributed by atoms with Crippen molar-refractivity contribution in [2.75, 3.05) is 5.32 Å². The van der Waals surface area contributed by atoms with Gasteiger partial charge in [-0.2, -0.15) is 0 Å². The lowest BCUT2D eigenvalue weighted by Crippen LogP contribution is -2.04. The van der Waals surface area contributed by atoms with E-state index in [1.807, 2.05) is 13.8 Å². The predicted molar refractivity (Wildman–Crippen MR) is 70.8 cm³/mol. The first kappa shape index (κ1) is 12.6. The Morgan fingerprint density at radius 3 is 2.28 bits per heavy atom. The summed E-state index contributed by atoms with van der Waals surface area (Å²) < 4.78 is 5.43. The van der Waals surface area contributed by atoms with E-state index < -0.39 is 0 Å². The molecule has 5 nitrogen and oxygen atoms in total. The number of benzene rings is 1. The van der Waals surface area contributed by atoms with E-state index in [4.69, 9.17) is 10.2 Å². The van der Waals surface area contributed by atoms with Gasteiger partial charge in [-0.3, -0.25) is 0 Å². The van der Waals surface area contributed by atoms with Crippen LogP contribution >= 0.6 is 0 Å². The van der Waals surface area contributed by atoms with Crippen LogP contribution in [0.1, 0.15) is 35.5 Å². The van der Waals surface area contributed by atoms with Crippen LogP contribution in [0.25, 0.3) is 0 Å². The Morgan fingerprint density at radius 2 is 1.78 bits per heavy atom. The average Bonchev–Trinajstić information content (AvgIpc) is 2.71. The molecule has 0 radical (unpaired) electrons. The van der Waals surface area contributed by atoms with Crippen molar-refractivity contribution in [1.29, 1.82) is 0 Å². The number of nitrogens with one attached hydrogen (secondary N) is 1. The van der Waals surface area contributed by atoms with Gasteiger partial charge in [0.25, 0.3) is 0 Å². The van der Waals surface area contributed by atoms with Crippen LogP contribution in [0.5, 0.6) is 0 Å². The summed E-state index contributed by atoms with van der Waals surface area (Å²) in [5.41, 5.74) is 10.2. The monoisotopic (exact) mass is 246 g/mol. The Labute approximate surface area is 106 Å². The quantitative estimate of drug-likeness (QED) is 0.870. The Morgan fingerprint density at radius 1 is 1.17 bits per heavy atom. The molecule has 0 amide bonds. The van der Waals surface area contributed by atoms with Crippen molar-refractivity contribution in [2.24, 2.45) is 5.73 Å². The maximum atomic E-state index is 5.68. The molecule has 0 aliphatic carbocycles. The summed E-state index contributed by atoms with van der Waals surface area (Å²) in [6.07, 6.45) is 0. The van der Waals surface area contributed by atoms with Crippen LogP contribution < -0.4 is 11.1 Å². The zero-order chi connectivity index (χ0) is 13.3. The molecule has 3 N–H and O–H groups in total. The number of anilines is 2. The highest BCUT2D eigenvalue weighted by atomic mass is 16.4. The average molecular weight is 246 g/mol. The van der Waals surface area contributed by atoms with E-state index in [-0.39, 0.29) is 6.04 Å². The summed E-state index contributed by atoms with van der Waals surface area (Å²) in [6.45, 7) is 7.97. The number of aromatic nitrogens is 2. The van der Waals surface area contributed by atoms with Crippen LogP contribution in [-0.2, 0) is 0 Å². The van der Waals surface area contributed by atoms with Crippen molar-refractivity contribution in [3.8, 4) is 0 Å². The Hall–Kier alpha value is -1.88. The number of rotatable bonds is 3. The van der Waals surface area contributed by atoms with Gasteiger partial charge in [-0.25, -0.2) is 0 Å². The minimum atomic E-state index is -0.256. The predicted octanol–water partition coefficient (Wildman–Crippen LogP) is 2.76. The molecule has 5 heteroatoms. The van der Waals surface area contributed by atoms with Crippen LogP contribution in [-0.4, -0.2) is 10.2 Å². The minimum absolute atomic E-state index is 0.256. The fraction of sp³-hybridized carbons (Fsp3) is 0.385. The van der Waals surface area contributed by atoms with Crippen molar-refractivity contribution in [3.63, 3.8) is 0 Å². The highest BCUT2D eigenvalue weighted by molar-refractivity contribution is 5.62. The van der Waals surface area contributed by atoms with Gasteiger partial charge >= 0.3 is 6.01 Å². The number of hydrogen-bond donors (Lipinski definition) is 2. The van der Waals surface area contributed by atoms with Gasteiger partial charge in [-0.15, -0.1) is 5.10 Å². The first-order chi connectivity index (χ1) is 8.47. The lowest BCUT2D eigenvalue weighted by atomic mass is 10.1. The van der Waals surface area contributed by atoms with Gasteiger partial charge in [-0.1, -0.05) is 22.8 Å². The summed E-state index contributed by atoms with van der Waals surface area (Å²) >= 11 is 0. The van der Waals surface area contributed by atoms with Crippen molar-refractivity contribution >= 4 is 11.7 Å². The van der Waals surface area contributed by atoms with Gasteiger partial charge in [0, 0.05) is 5.69 Å². The molecule has 1 atom stereocenters. The highest BCUT2D eigenvalue weighted by Gasteiger charge is 2.12. The summed E-state index contributed by atoms with van der Waals surface area (Å²) in [5.74, 6) is 0.430. The van der Waals surface area contributed by atoms with Crippen LogP contribution in [0.4, 0.5) is 11.7 Å². The third-order valence-corrected chi connectivity index (χ3v) is 2.74. The first-order valence-corrected chi connectivity index (χ1v) is 5.91. The zero-order valence-electron chi connectivity index (χ0n) is 11.1. The molecule has 2 aromatic rings. The summed E-state index contributed by atoms with van der Waals surface area (Å²) in [4.78, 5) is 0. The maximum absolute atomic E-state index is 5.68. The van der Waals surface area contributed by atoms with Gasteiger partial charge in [0.05, 0.1) is 6.04 Å². The van der Waals surface area contributed by atoms with Gasteiger partial charge in [-0.05, 0) is 38.8 Å². The van der Waals surface area contributed by atoms with Crippen LogP contribution in [0.2, 0.25) is 0 Å². The molecule has 1 aromatic carbocycles. The van der Waals surface area contributed by atoms with E-state index in [1.54, 1.807) is 6.92 Å². The molecule has 1 aromatic heterocycles. The smallest absolute Gasteiger partial charge is 0.320 e. The summed E-state index contributed by atoms with van der Waals surface area (Å²) in [5, 5.41) is 11.0. The lowest BCUT2D eigenvalue weighted by molar-refractivity contribution is 0.475. The second-order valence-corrected chi connectivity index (χ2v) is 4.63. The molecule has 0 fully saturated rings. The minimum Gasteiger partial charge on any atom is -0.406 e. The van der Waals surface area contributed by atoms with Crippen molar-refractivity contribution in [1.82, 2.24) is 10.2 Å². The lowest BCUT2D eigenvalue weighted by Gasteiger charge is -2.10. The fourth-order valence-corrected chi connectivity index (χ4v) is 1.95. The maximum Gasteiger partial charge on any atom is 0.320 e. The summed E-state index contributed by atoms with van der Waals surface area (Å²) in [7, 11) is 0. The van der Waals surface area contributed by atoms with Gasteiger partial charge in [0.1, 0.15) is 0 Å². The SMILES string of the molecule is Cc1cc(C)c(Nc2nnc(C(C)N)o2)c(C)c1. The molecule has 0 spiro atoms. The molecule has 1 heterocycles. The third kappa shape index (κ3) is 2.51. The first-order valence-electron chi connectivity index (χ1n) is 5.91. The molecule has 2 rings (SSSR count). The van der Waals surface area contributed by atoms with Gasteiger partial charge in [0.2, 0.25) is 5.89 Å². The van der Waals surface area contributed by atoms with Gasteiger partial charge in [0.15, 0.2) is 0 Å². The molecule has 0 aliphatic rings. The van der Waals surface area contributed by atoms with Crippen molar-refractivity contribution in [2.45, 2.75) is 33.7 Å². The van der Waals surface area contributed by atoms with E-state index >= 15 is 0 Å². The molecular weight excluding hydrogens is 228 g/mol. The number of nitrogens with zero attached hydrogens (tertiary/aromatic N) is 2. The van der Waals surface area contributed by atoms with E-state index in [9.17, 15) is 0 Å². The summed E-state index contributed by atoms with van der Waals surface area (Å²) in [6, 6.07) is 4.33. The number of hydrogen-bond acceptors (Lipinski definition) is 5. The van der Waals surface area contributed by atoms with E-state index in [1.165, 1.54) is 5.56 Å². The third-order valence-electron chi connectivity index (χ3n) is 2.74. The largest absolute Gasteiger partial charge is 0.406 e. The number of nitrogens with two attached hydrogens (primary N) is 1. The Balaban J connectivity index is 2.28. The highest BCUT2D eigenvalue weighted by Crippen LogP contribution is 2.25. The fourth-order valence-electron chi connectivity index (χ4n) is 1.95. The van der Waals surface area contributed by atoms with E-state index in [0.29, 0.717) is 11.9 Å². The second-order valence-electron chi connectivity index (χ2n) is 4.63. The molecular formula is C13H18N4O. The second kappa shape index (κ2) is 4.78. The van der Waals surface area contributed by atoms with Crippen LogP contribution in [0, 0.1) is 20.8 Å².